The van der Waals surface area contributed by atoms with Crippen molar-refractivity contribution in [2.75, 3.05) is 27.2 Å². The molecule has 0 aliphatic carbocycles. The maximum Gasteiger partial charge on any atom is 0.172 e. The van der Waals surface area contributed by atoms with E-state index >= 15 is 0 Å². The van der Waals surface area contributed by atoms with Crippen LogP contribution in [0.3, 0.4) is 0 Å². The Kier molecular flexibility index (Phi) is 8.79. The van der Waals surface area contributed by atoms with Crippen molar-refractivity contribution in [3.8, 4) is 0 Å². The SMILES string of the molecule is CC(C)c1cccc(C(C)C)c1N=C1C(=Nc2c(C(C)C)cccc2C(C)C)N(C)CCCN1C. The van der Waals surface area contributed by atoms with E-state index in [0.717, 1.165) is 42.6 Å². The number of aliphatic imine (C=N–C) groups is 2. The van der Waals surface area contributed by atoms with Crippen LogP contribution in [0.2, 0.25) is 0 Å². The first-order valence-corrected chi connectivity index (χ1v) is 13.4. The second-order valence-electron chi connectivity index (χ2n) is 11.3. The number of para-hydroxylation sites is 2. The summed E-state index contributed by atoms with van der Waals surface area (Å²) >= 11 is 0. The van der Waals surface area contributed by atoms with Crippen LogP contribution in [-0.2, 0) is 0 Å². The van der Waals surface area contributed by atoms with E-state index in [0.29, 0.717) is 23.7 Å². The third-order valence-electron chi connectivity index (χ3n) is 7.03. The van der Waals surface area contributed by atoms with Crippen molar-refractivity contribution in [1.29, 1.82) is 0 Å². The van der Waals surface area contributed by atoms with Gasteiger partial charge in [-0.1, -0.05) is 91.8 Å². The number of likely N-dealkylation sites (N-methyl/N-ethyl adjacent to an activating group) is 2. The lowest BCUT2D eigenvalue weighted by Gasteiger charge is -2.26. The zero-order valence-electron chi connectivity index (χ0n) is 23.7. The molecule has 1 aliphatic heterocycles. The van der Waals surface area contributed by atoms with Gasteiger partial charge in [-0.2, -0.15) is 0 Å². The number of hydrogen-bond donors (Lipinski definition) is 0. The van der Waals surface area contributed by atoms with Crippen LogP contribution in [0.25, 0.3) is 0 Å². The zero-order valence-corrected chi connectivity index (χ0v) is 23.7. The Labute approximate surface area is 214 Å². The van der Waals surface area contributed by atoms with Crippen molar-refractivity contribution >= 4 is 23.0 Å². The van der Waals surface area contributed by atoms with Gasteiger partial charge in [-0.05, 0) is 52.3 Å². The Bertz CT molecular complexity index is 937. The quantitative estimate of drug-likeness (QED) is 0.422. The molecule has 2 aromatic rings. The van der Waals surface area contributed by atoms with Gasteiger partial charge < -0.3 is 9.80 Å². The van der Waals surface area contributed by atoms with Crippen molar-refractivity contribution in [3.05, 3.63) is 58.7 Å². The van der Waals surface area contributed by atoms with Gasteiger partial charge in [0.1, 0.15) is 0 Å². The molecule has 1 saturated heterocycles. The highest BCUT2D eigenvalue weighted by molar-refractivity contribution is 6.41. The summed E-state index contributed by atoms with van der Waals surface area (Å²) < 4.78 is 0. The second-order valence-corrected chi connectivity index (χ2v) is 11.3. The Morgan fingerprint density at radius 2 is 0.829 bits per heavy atom. The third-order valence-corrected chi connectivity index (χ3v) is 7.03. The molecule has 1 heterocycles. The average molecular weight is 475 g/mol. The standard InChI is InChI=1S/C31H46N4/c1-20(2)24-14-11-15-25(21(3)4)28(24)32-30-31(35(10)19-13-18-34(30)9)33-29-26(22(5)6)16-12-17-27(29)23(7)8/h11-12,14-17,20-23H,13,18-19H2,1-10H3. The van der Waals surface area contributed by atoms with E-state index < -0.39 is 0 Å². The first-order chi connectivity index (χ1) is 16.5. The van der Waals surface area contributed by atoms with E-state index in [4.69, 9.17) is 9.98 Å². The normalized spacial score (nSPS) is 17.5. The summed E-state index contributed by atoms with van der Waals surface area (Å²) in [5.41, 5.74) is 7.43. The second kappa shape index (κ2) is 11.4. The van der Waals surface area contributed by atoms with Gasteiger partial charge in [-0.15, -0.1) is 0 Å². The molecule has 0 aromatic heterocycles. The van der Waals surface area contributed by atoms with Crippen LogP contribution in [0.15, 0.2) is 46.4 Å². The van der Waals surface area contributed by atoms with E-state index in [1.54, 1.807) is 0 Å². The molecule has 0 unspecified atom stereocenters. The molecule has 190 valence electrons. The smallest absolute Gasteiger partial charge is 0.172 e. The first-order valence-electron chi connectivity index (χ1n) is 13.4. The van der Waals surface area contributed by atoms with Gasteiger partial charge in [0.2, 0.25) is 0 Å². The largest absolute Gasteiger partial charge is 0.357 e. The number of hydrogen-bond acceptors (Lipinski definition) is 2. The molecule has 0 radical (unpaired) electrons. The molecule has 0 N–H and O–H groups in total. The molecule has 0 saturated carbocycles. The van der Waals surface area contributed by atoms with Crippen molar-refractivity contribution in [2.45, 2.75) is 85.5 Å². The van der Waals surface area contributed by atoms with E-state index in [2.05, 4.69) is 116 Å². The van der Waals surface area contributed by atoms with Crippen LogP contribution in [-0.4, -0.2) is 48.7 Å². The summed E-state index contributed by atoms with van der Waals surface area (Å²) in [7, 11) is 4.33. The Hall–Kier alpha value is -2.62. The molecular formula is C31H46N4. The Morgan fingerprint density at radius 3 is 1.09 bits per heavy atom. The highest BCUT2D eigenvalue weighted by atomic mass is 15.3. The highest BCUT2D eigenvalue weighted by Gasteiger charge is 2.26. The summed E-state index contributed by atoms with van der Waals surface area (Å²) in [5.74, 6) is 3.53. The van der Waals surface area contributed by atoms with Gasteiger partial charge in [0, 0.05) is 27.2 Å². The lowest BCUT2D eigenvalue weighted by atomic mass is 9.92. The van der Waals surface area contributed by atoms with Crippen LogP contribution in [0.1, 0.15) is 108 Å². The highest BCUT2D eigenvalue weighted by Crippen LogP contribution is 2.37. The van der Waals surface area contributed by atoms with Gasteiger partial charge in [0.25, 0.3) is 0 Å². The number of amidine groups is 2. The molecule has 35 heavy (non-hydrogen) atoms. The van der Waals surface area contributed by atoms with Crippen LogP contribution in [0.5, 0.6) is 0 Å². The van der Waals surface area contributed by atoms with E-state index in [-0.39, 0.29) is 0 Å². The number of nitrogens with zero attached hydrogens (tertiary/aromatic N) is 4. The maximum absolute atomic E-state index is 5.45. The van der Waals surface area contributed by atoms with E-state index in [9.17, 15) is 0 Å². The third kappa shape index (κ3) is 5.97. The van der Waals surface area contributed by atoms with Crippen molar-refractivity contribution in [2.24, 2.45) is 9.98 Å². The molecule has 0 bridgehead atoms. The average Bonchev–Trinajstić information content (AvgIpc) is 2.92. The molecule has 2 aromatic carbocycles. The summed E-state index contributed by atoms with van der Waals surface area (Å²) in [6.07, 6.45) is 1.08. The lowest BCUT2D eigenvalue weighted by Crippen LogP contribution is -2.39. The Balaban J connectivity index is 2.34. The minimum absolute atomic E-state index is 0.400. The summed E-state index contributed by atoms with van der Waals surface area (Å²) in [4.78, 5) is 15.5. The van der Waals surface area contributed by atoms with Gasteiger partial charge in [-0.25, -0.2) is 9.98 Å². The molecule has 1 aliphatic rings. The van der Waals surface area contributed by atoms with Gasteiger partial charge in [-0.3, -0.25) is 0 Å². The van der Waals surface area contributed by atoms with Gasteiger partial charge in [0.15, 0.2) is 11.7 Å². The summed E-state index contributed by atoms with van der Waals surface area (Å²) in [6, 6.07) is 13.3. The van der Waals surface area contributed by atoms with Crippen molar-refractivity contribution in [3.63, 3.8) is 0 Å². The van der Waals surface area contributed by atoms with Crippen LogP contribution < -0.4 is 0 Å². The van der Waals surface area contributed by atoms with Crippen LogP contribution in [0, 0.1) is 0 Å². The molecular weight excluding hydrogens is 428 g/mol. The lowest BCUT2D eigenvalue weighted by molar-refractivity contribution is 0.457. The summed E-state index contributed by atoms with van der Waals surface area (Å²) in [6.45, 7) is 20.0. The first kappa shape index (κ1) is 27.0. The van der Waals surface area contributed by atoms with E-state index in [1.165, 1.54) is 22.3 Å². The number of benzene rings is 2. The van der Waals surface area contributed by atoms with Crippen molar-refractivity contribution in [1.82, 2.24) is 9.80 Å². The van der Waals surface area contributed by atoms with Gasteiger partial charge >= 0.3 is 0 Å². The van der Waals surface area contributed by atoms with Crippen molar-refractivity contribution < 1.29 is 0 Å². The van der Waals surface area contributed by atoms with E-state index in [1.807, 2.05) is 0 Å². The number of rotatable bonds is 6. The molecule has 0 atom stereocenters. The minimum atomic E-state index is 0.400. The molecule has 0 amide bonds. The maximum atomic E-state index is 5.45. The monoisotopic (exact) mass is 474 g/mol. The fourth-order valence-electron chi connectivity index (χ4n) is 4.86. The fourth-order valence-corrected chi connectivity index (χ4v) is 4.86. The molecule has 3 rings (SSSR count). The summed E-state index contributed by atoms with van der Waals surface area (Å²) in [5, 5.41) is 0. The van der Waals surface area contributed by atoms with Gasteiger partial charge in [0.05, 0.1) is 11.4 Å². The minimum Gasteiger partial charge on any atom is -0.357 e. The predicted molar refractivity (Wildman–Crippen MR) is 153 cm³/mol. The Morgan fingerprint density at radius 1 is 0.543 bits per heavy atom. The molecule has 4 heteroatoms. The predicted octanol–water partition coefficient (Wildman–Crippen LogP) is 8.21. The molecule has 0 spiro atoms. The molecule has 1 fully saturated rings. The van der Waals surface area contributed by atoms with Crippen LogP contribution in [0.4, 0.5) is 11.4 Å². The molecule has 4 nitrogen and oxygen atoms in total. The fraction of sp³-hybridized carbons (Fsp3) is 0.548. The van der Waals surface area contributed by atoms with Crippen LogP contribution >= 0.6 is 0 Å². The topological polar surface area (TPSA) is 31.2 Å². The zero-order chi connectivity index (χ0) is 25.9.